The summed E-state index contributed by atoms with van der Waals surface area (Å²) in [6.45, 7) is 6.16. The van der Waals surface area contributed by atoms with Gasteiger partial charge in [-0.25, -0.2) is 4.98 Å². The zero-order valence-electron chi connectivity index (χ0n) is 19.7. The third-order valence-corrected chi connectivity index (χ3v) is 7.48. The van der Waals surface area contributed by atoms with E-state index < -0.39 is 5.41 Å². The number of nitrogens with zero attached hydrogens (tertiary/aromatic N) is 1. The highest BCUT2D eigenvalue weighted by atomic mass is 32.1. The van der Waals surface area contributed by atoms with Gasteiger partial charge < -0.3 is 10.6 Å². The number of hydrogen-bond donors (Lipinski definition) is 2. The second-order valence-electron chi connectivity index (χ2n) is 9.59. The van der Waals surface area contributed by atoms with Gasteiger partial charge in [0.05, 0.1) is 11.5 Å². The van der Waals surface area contributed by atoms with Crippen molar-refractivity contribution >= 4 is 28.1 Å². The first-order valence-electron chi connectivity index (χ1n) is 11.6. The molecule has 0 spiro atoms. The average Bonchev–Trinajstić information content (AvgIpc) is 3.50. The Morgan fingerprint density at radius 1 is 1.06 bits per heavy atom. The predicted molar refractivity (Wildman–Crippen MR) is 140 cm³/mol. The normalized spacial score (nSPS) is 15.9. The van der Waals surface area contributed by atoms with Gasteiger partial charge in [-0.3, -0.25) is 4.79 Å². The SMILES string of the molecule is Cc1ccc(C2Cc3cc(C(c4ccccc4)C(C)(C)C(=O)Nc4nccs4)ccc3N2)cc1. The van der Waals surface area contributed by atoms with E-state index in [1.165, 1.54) is 33.7 Å². The Hall–Kier alpha value is -3.44. The number of thiazole rings is 1. The van der Waals surface area contributed by atoms with Crippen LogP contribution in [0.5, 0.6) is 0 Å². The van der Waals surface area contributed by atoms with Crippen molar-refractivity contribution in [2.24, 2.45) is 5.41 Å². The highest BCUT2D eigenvalue weighted by molar-refractivity contribution is 7.13. The summed E-state index contributed by atoms with van der Waals surface area (Å²) in [4.78, 5) is 17.7. The van der Waals surface area contributed by atoms with Crippen LogP contribution >= 0.6 is 11.3 Å². The van der Waals surface area contributed by atoms with Crippen LogP contribution in [0.1, 0.15) is 53.6 Å². The number of nitrogens with one attached hydrogen (secondary N) is 2. The van der Waals surface area contributed by atoms with E-state index in [1.807, 2.05) is 37.4 Å². The molecular weight excluding hydrogens is 438 g/mol. The van der Waals surface area contributed by atoms with E-state index in [0.717, 1.165) is 17.5 Å². The minimum Gasteiger partial charge on any atom is -0.378 e. The molecule has 1 aliphatic rings. The molecule has 2 N–H and O–H groups in total. The van der Waals surface area contributed by atoms with Crippen LogP contribution < -0.4 is 10.6 Å². The summed E-state index contributed by atoms with van der Waals surface area (Å²) in [5.74, 6) is -0.134. The van der Waals surface area contributed by atoms with Crippen molar-refractivity contribution in [2.45, 2.75) is 39.2 Å². The lowest BCUT2D eigenvalue weighted by molar-refractivity contribution is -0.124. The van der Waals surface area contributed by atoms with Gasteiger partial charge in [0.25, 0.3) is 0 Å². The maximum Gasteiger partial charge on any atom is 0.232 e. The molecule has 172 valence electrons. The molecule has 0 saturated heterocycles. The summed E-state index contributed by atoms with van der Waals surface area (Å²) in [6, 6.07) is 26.0. The van der Waals surface area contributed by atoms with E-state index in [1.54, 1.807) is 6.20 Å². The highest BCUT2D eigenvalue weighted by Gasteiger charge is 2.39. The summed E-state index contributed by atoms with van der Waals surface area (Å²) in [5.41, 5.74) is 6.62. The van der Waals surface area contributed by atoms with Crippen molar-refractivity contribution in [3.8, 4) is 0 Å². The van der Waals surface area contributed by atoms with Gasteiger partial charge in [0.2, 0.25) is 5.91 Å². The van der Waals surface area contributed by atoms with E-state index in [4.69, 9.17) is 0 Å². The molecule has 0 bridgehead atoms. The number of fused-ring (bicyclic) bond motifs is 1. The fraction of sp³-hybridized carbons (Fsp3) is 0.241. The number of carbonyl (C=O) groups excluding carboxylic acids is 1. The van der Waals surface area contributed by atoms with Crippen molar-refractivity contribution in [2.75, 3.05) is 10.6 Å². The number of amides is 1. The predicted octanol–water partition coefficient (Wildman–Crippen LogP) is 6.96. The van der Waals surface area contributed by atoms with Crippen molar-refractivity contribution in [1.82, 2.24) is 4.98 Å². The van der Waals surface area contributed by atoms with Crippen LogP contribution in [0.15, 0.2) is 84.4 Å². The lowest BCUT2D eigenvalue weighted by atomic mass is 9.70. The second-order valence-corrected chi connectivity index (χ2v) is 10.5. The molecule has 0 aliphatic carbocycles. The molecule has 1 aromatic heterocycles. The molecule has 3 aromatic carbocycles. The van der Waals surface area contributed by atoms with Crippen LogP contribution in [0.2, 0.25) is 0 Å². The van der Waals surface area contributed by atoms with Gasteiger partial charge in [-0.1, -0.05) is 86.1 Å². The van der Waals surface area contributed by atoms with Crippen LogP contribution in [-0.2, 0) is 11.2 Å². The van der Waals surface area contributed by atoms with Crippen molar-refractivity contribution < 1.29 is 4.79 Å². The van der Waals surface area contributed by atoms with Crippen LogP contribution in [0.4, 0.5) is 10.8 Å². The van der Waals surface area contributed by atoms with E-state index in [9.17, 15) is 4.79 Å². The number of rotatable bonds is 6. The van der Waals surface area contributed by atoms with E-state index in [2.05, 4.69) is 77.1 Å². The van der Waals surface area contributed by atoms with Crippen LogP contribution in [0.25, 0.3) is 0 Å². The van der Waals surface area contributed by atoms with Gasteiger partial charge in [-0.2, -0.15) is 0 Å². The maximum atomic E-state index is 13.5. The minimum absolute atomic E-state index is 0.0348. The Labute approximate surface area is 205 Å². The molecule has 34 heavy (non-hydrogen) atoms. The number of carbonyl (C=O) groups is 1. The number of anilines is 2. The molecule has 4 aromatic rings. The molecule has 0 radical (unpaired) electrons. The fourth-order valence-electron chi connectivity index (χ4n) is 4.91. The Bertz CT molecular complexity index is 1280. The molecule has 2 heterocycles. The first-order valence-corrected chi connectivity index (χ1v) is 12.5. The van der Waals surface area contributed by atoms with Gasteiger partial charge in [0.15, 0.2) is 5.13 Å². The molecule has 1 aliphatic heterocycles. The third kappa shape index (κ3) is 4.36. The van der Waals surface area contributed by atoms with Gasteiger partial charge in [0, 0.05) is 23.2 Å². The summed E-state index contributed by atoms with van der Waals surface area (Å²) < 4.78 is 0. The molecular formula is C29H29N3OS. The molecule has 5 heteroatoms. The highest BCUT2D eigenvalue weighted by Crippen LogP contribution is 2.44. The number of hydrogen-bond acceptors (Lipinski definition) is 4. The fourth-order valence-corrected chi connectivity index (χ4v) is 5.43. The van der Waals surface area contributed by atoms with Crippen molar-refractivity contribution in [3.63, 3.8) is 0 Å². The molecule has 4 nitrogen and oxygen atoms in total. The maximum absolute atomic E-state index is 13.5. The minimum atomic E-state index is -0.691. The first-order chi connectivity index (χ1) is 16.4. The molecule has 0 saturated carbocycles. The topological polar surface area (TPSA) is 54.0 Å². The van der Waals surface area contributed by atoms with Crippen LogP contribution in [0, 0.1) is 12.3 Å². The van der Waals surface area contributed by atoms with Crippen LogP contribution in [0.3, 0.4) is 0 Å². The summed E-state index contributed by atoms with van der Waals surface area (Å²) in [6.07, 6.45) is 2.64. The zero-order valence-corrected chi connectivity index (χ0v) is 20.5. The number of benzene rings is 3. The molecule has 2 unspecified atom stereocenters. The van der Waals surface area contributed by atoms with Crippen molar-refractivity contribution in [3.05, 3.63) is 112 Å². The Morgan fingerprint density at radius 3 is 2.53 bits per heavy atom. The molecule has 0 fully saturated rings. The molecule has 5 rings (SSSR count). The third-order valence-electron chi connectivity index (χ3n) is 6.79. The van der Waals surface area contributed by atoms with E-state index in [-0.39, 0.29) is 17.9 Å². The van der Waals surface area contributed by atoms with E-state index >= 15 is 0 Å². The lowest BCUT2D eigenvalue weighted by Gasteiger charge is -2.34. The molecule has 2 atom stereocenters. The second kappa shape index (κ2) is 9.07. The summed E-state index contributed by atoms with van der Waals surface area (Å²) in [5, 5.41) is 9.20. The summed E-state index contributed by atoms with van der Waals surface area (Å²) >= 11 is 1.43. The molecule has 1 amide bonds. The van der Waals surface area contributed by atoms with Gasteiger partial charge in [0.1, 0.15) is 0 Å². The lowest BCUT2D eigenvalue weighted by Crippen LogP contribution is -2.37. The standard InChI is InChI=1S/C29H29N3OS/c1-19-9-11-20(12-10-19)25-18-23-17-22(13-14-24(23)31-25)26(21-7-5-4-6-8-21)29(2,3)27(33)32-28-30-15-16-34-28/h4-17,25-26,31H,18H2,1-3H3,(H,30,32,33). The number of aryl methyl sites for hydroxylation is 1. The number of aromatic nitrogens is 1. The quantitative estimate of drug-likeness (QED) is 0.322. The van der Waals surface area contributed by atoms with Crippen molar-refractivity contribution in [1.29, 1.82) is 0 Å². The van der Waals surface area contributed by atoms with Crippen LogP contribution in [-0.4, -0.2) is 10.9 Å². The smallest absolute Gasteiger partial charge is 0.232 e. The average molecular weight is 468 g/mol. The first kappa shape index (κ1) is 22.4. The zero-order chi connectivity index (χ0) is 23.7. The van der Waals surface area contributed by atoms with E-state index in [0.29, 0.717) is 5.13 Å². The monoisotopic (exact) mass is 467 g/mol. The van der Waals surface area contributed by atoms with Gasteiger partial charge in [-0.05, 0) is 41.7 Å². The summed E-state index contributed by atoms with van der Waals surface area (Å²) in [7, 11) is 0. The Kier molecular flexibility index (Phi) is 5.96. The van der Waals surface area contributed by atoms with Gasteiger partial charge >= 0.3 is 0 Å². The largest absolute Gasteiger partial charge is 0.378 e. The van der Waals surface area contributed by atoms with Gasteiger partial charge in [-0.15, -0.1) is 11.3 Å². The Balaban J connectivity index is 1.48. The Morgan fingerprint density at radius 2 is 1.82 bits per heavy atom.